The number of fused-ring (bicyclic) bond motifs is 2. The van der Waals surface area contributed by atoms with E-state index < -0.39 is 5.91 Å². The number of pyridine rings is 1. The lowest BCUT2D eigenvalue weighted by atomic mass is 10.1. The van der Waals surface area contributed by atoms with Gasteiger partial charge in [-0.05, 0) is 18.2 Å². The SMILES string of the molecule is O=C(Nc1cccc2cccnc12)c1n[nH]c(=O)c2ccccc12. The smallest absolute Gasteiger partial charge is 0.276 e. The minimum absolute atomic E-state index is 0.165. The van der Waals surface area contributed by atoms with E-state index in [1.165, 1.54) is 0 Å². The van der Waals surface area contributed by atoms with Gasteiger partial charge in [0, 0.05) is 17.0 Å². The largest absolute Gasteiger partial charge is 0.319 e. The third kappa shape index (κ3) is 2.30. The predicted octanol–water partition coefficient (Wildman–Crippen LogP) is 2.72. The van der Waals surface area contributed by atoms with Gasteiger partial charge in [-0.25, -0.2) is 5.10 Å². The van der Waals surface area contributed by atoms with Crippen LogP contribution in [-0.4, -0.2) is 21.1 Å². The lowest BCUT2D eigenvalue weighted by Crippen LogP contribution is -2.19. The number of carbonyl (C=O) groups excluding carboxylic acids is 1. The zero-order chi connectivity index (χ0) is 16.5. The highest BCUT2D eigenvalue weighted by atomic mass is 16.2. The highest BCUT2D eigenvalue weighted by molar-refractivity contribution is 6.13. The molecule has 116 valence electrons. The van der Waals surface area contributed by atoms with Gasteiger partial charge in [-0.1, -0.05) is 36.4 Å². The molecule has 4 aromatic rings. The van der Waals surface area contributed by atoms with E-state index in [9.17, 15) is 9.59 Å². The molecule has 0 unspecified atom stereocenters. The Morgan fingerprint density at radius 2 is 1.75 bits per heavy atom. The number of carbonyl (C=O) groups is 1. The maximum absolute atomic E-state index is 12.7. The van der Waals surface area contributed by atoms with Crippen LogP contribution in [0.15, 0.2) is 65.6 Å². The number of aromatic amines is 1. The van der Waals surface area contributed by atoms with Gasteiger partial charge in [0.1, 0.15) is 0 Å². The first-order chi connectivity index (χ1) is 11.7. The minimum atomic E-state index is -0.402. The molecule has 2 N–H and O–H groups in total. The summed E-state index contributed by atoms with van der Waals surface area (Å²) in [5.74, 6) is -0.402. The van der Waals surface area contributed by atoms with Gasteiger partial charge < -0.3 is 5.32 Å². The van der Waals surface area contributed by atoms with Crippen LogP contribution in [0.25, 0.3) is 21.7 Å². The van der Waals surface area contributed by atoms with Gasteiger partial charge in [0.25, 0.3) is 11.5 Å². The van der Waals surface area contributed by atoms with Crippen LogP contribution in [0.3, 0.4) is 0 Å². The Morgan fingerprint density at radius 3 is 2.62 bits per heavy atom. The highest BCUT2D eigenvalue weighted by Gasteiger charge is 2.15. The summed E-state index contributed by atoms with van der Waals surface area (Å²) in [4.78, 5) is 28.8. The van der Waals surface area contributed by atoms with Gasteiger partial charge >= 0.3 is 0 Å². The van der Waals surface area contributed by atoms with Crippen LogP contribution >= 0.6 is 0 Å². The molecule has 0 saturated heterocycles. The van der Waals surface area contributed by atoms with Crippen molar-refractivity contribution in [2.45, 2.75) is 0 Å². The standard InChI is InChI=1S/C18H12N4O2/c23-17-13-8-2-1-7-12(13)16(21-22-17)18(24)20-14-9-3-5-11-6-4-10-19-15(11)14/h1-10H,(H,20,24)(H,22,23). The first-order valence-electron chi connectivity index (χ1n) is 7.36. The van der Waals surface area contributed by atoms with Crippen LogP contribution in [0.2, 0.25) is 0 Å². The Kier molecular flexibility index (Phi) is 3.28. The molecule has 0 spiro atoms. The van der Waals surface area contributed by atoms with Crippen molar-refractivity contribution in [2.24, 2.45) is 0 Å². The molecule has 6 nitrogen and oxygen atoms in total. The molecular weight excluding hydrogens is 304 g/mol. The van der Waals surface area contributed by atoms with Crippen LogP contribution in [0, 0.1) is 0 Å². The van der Waals surface area contributed by atoms with Crippen molar-refractivity contribution in [3.63, 3.8) is 0 Å². The number of rotatable bonds is 2. The fourth-order valence-corrected chi connectivity index (χ4v) is 2.67. The maximum Gasteiger partial charge on any atom is 0.276 e. The Labute approximate surface area is 136 Å². The van der Waals surface area contributed by atoms with Crippen LogP contribution in [0.4, 0.5) is 5.69 Å². The molecule has 4 rings (SSSR count). The number of nitrogens with one attached hydrogen (secondary N) is 2. The molecule has 0 aliphatic heterocycles. The van der Waals surface area contributed by atoms with E-state index in [1.54, 1.807) is 36.5 Å². The second-order valence-electron chi connectivity index (χ2n) is 5.28. The third-order valence-corrected chi connectivity index (χ3v) is 3.79. The van der Waals surface area contributed by atoms with Gasteiger partial charge in [-0.2, -0.15) is 5.10 Å². The average molecular weight is 316 g/mol. The molecule has 0 bridgehead atoms. The molecular formula is C18H12N4O2. The lowest BCUT2D eigenvalue weighted by Gasteiger charge is -2.08. The molecule has 1 amide bonds. The first-order valence-corrected chi connectivity index (χ1v) is 7.36. The van der Waals surface area contributed by atoms with Crippen molar-refractivity contribution in [1.82, 2.24) is 15.2 Å². The normalized spacial score (nSPS) is 10.8. The molecule has 0 saturated carbocycles. The Balaban J connectivity index is 1.80. The van der Waals surface area contributed by atoms with Crippen molar-refractivity contribution in [1.29, 1.82) is 0 Å². The van der Waals surface area contributed by atoms with Crippen molar-refractivity contribution < 1.29 is 4.79 Å². The molecule has 0 fully saturated rings. The average Bonchev–Trinajstić information content (AvgIpc) is 2.62. The number of hydrogen-bond acceptors (Lipinski definition) is 4. The number of H-pyrrole nitrogens is 1. The molecule has 0 radical (unpaired) electrons. The van der Waals surface area contributed by atoms with Crippen molar-refractivity contribution in [2.75, 3.05) is 5.32 Å². The molecule has 6 heteroatoms. The van der Waals surface area contributed by atoms with Crippen LogP contribution in [0.1, 0.15) is 10.5 Å². The molecule has 0 aliphatic rings. The zero-order valence-corrected chi connectivity index (χ0v) is 12.5. The molecule has 2 heterocycles. The number of hydrogen-bond donors (Lipinski definition) is 2. The molecule has 0 aliphatic carbocycles. The zero-order valence-electron chi connectivity index (χ0n) is 12.5. The number of nitrogens with zero attached hydrogens (tertiary/aromatic N) is 2. The fraction of sp³-hybridized carbons (Fsp3) is 0. The summed E-state index contributed by atoms with van der Waals surface area (Å²) in [5.41, 5.74) is 1.13. The van der Waals surface area contributed by atoms with Crippen molar-refractivity contribution >= 4 is 33.3 Å². The summed E-state index contributed by atoms with van der Waals surface area (Å²) in [7, 11) is 0. The van der Waals surface area contributed by atoms with Gasteiger partial charge in [-0.3, -0.25) is 14.6 Å². The summed E-state index contributed by atoms with van der Waals surface area (Å²) < 4.78 is 0. The van der Waals surface area contributed by atoms with E-state index in [0.717, 1.165) is 5.39 Å². The number of para-hydroxylation sites is 1. The molecule has 2 aromatic heterocycles. The Hall–Kier alpha value is -3.54. The summed E-state index contributed by atoms with van der Waals surface area (Å²) in [5, 5.41) is 11.0. The van der Waals surface area contributed by atoms with Crippen LogP contribution < -0.4 is 10.9 Å². The minimum Gasteiger partial charge on any atom is -0.319 e. The summed E-state index contributed by atoms with van der Waals surface area (Å²) >= 11 is 0. The van der Waals surface area contributed by atoms with E-state index in [-0.39, 0.29) is 11.3 Å². The van der Waals surface area contributed by atoms with Crippen LogP contribution in [-0.2, 0) is 0 Å². The maximum atomic E-state index is 12.7. The number of anilines is 1. The van der Waals surface area contributed by atoms with E-state index in [4.69, 9.17) is 0 Å². The summed E-state index contributed by atoms with van der Waals surface area (Å²) in [6, 6.07) is 16.2. The molecule has 24 heavy (non-hydrogen) atoms. The third-order valence-electron chi connectivity index (χ3n) is 3.79. The lowest BCUT2D eigenvalue weighted by molar-refractivity contribution is 0.102. The monoisotopic (exact) mass is 316 g/mol. The van der Waals surface area contributed by atoms with Crippen LogP contribution in [0.5, 0.6) is 0 Å². The van der Waals surface area contributed by atoms with Gasteiger partial charge in [0.05, 0.1) is 16.6 Å². The Morgan fingerprint density at radius 1 is 0.958 bits per heavy atom. The van der Waals surface area contributed by atoms with Crippen molar-refractivity contribution in [3.05, 3.63) is 76.8 Å². The fourth-order valence-electron chi connectivity index (χ4n) is 2.67. The van der Waals surface area contributed by atoms with E-state index >= 15 is 0 Å². The number of amides is 1. The second kappa shape index (κ2) is 5.58. The molecule has 2 aromatic carbocycles. The summed E-state index contributed by atoms with van der Waals surface area (Å²) in [6.07, 6.45) is 1.67. The summed E-state index contributed by atoms with van der Waals surface area (Å²) in [6.45, 7) is 0. The highest BCUT2D eigenvalue weighted by Crippen LogP contribution is 2.22. The van der Waals surface area contributed by atoms with E-state index in [0.29, 0.717) is 22.0 Å². The molecule has 0 atom stereocenters. The van der Waals surface area contributed by atoms with E-state index in [2.05, 4.69) is 20.5 Å². The van der Waals surface area contributed by atoms with Crippen molar-refractivity contribution in [3.8, 4) is 0 Å². The predicted molar refractivity (Wildman–Crippen MR) is 92.1 cm³/mol. The van der Waals surface area contributed by atoms with Gasteiger partial charge in [0.15, 0.2) is 5.69 Å². The van der Waals surface area contributed by atoms with Gasteiger partial charge in [0.2, 0.25) is 0 Å². The topological polar surface area (TPSA) is 87.7 Å². The van der Waals surface area contributed by atoms with E-state index in [1.807, 2.05) is 24.3 Å². The first kappa shape index (κ1) is 14.1. The number of benzene rings is 2. The number of aromatic nitrogens is 3. The second-order valence-corrected chi connectivity index (χ2v) is 5.28. The quantitative estimate of drug-likeness (QED) is 0.595. The Bertz CT molecular complexity index is 1130. The van der Waals surface area contributed by atoms with Gasteiger partial charge in [-0.15, -0.1) is 0 Å².